The zero-order valence-corrected chi connectivity index (χ0v) is 20.8. The zero-order valence-electron chi connectivity index (χ0n) is 20.8. The van der Waals surface area contributed by atoms with E-state index >= 15 is 0 Å². The van der Waals surface area contributed by atoms with Crippen molar-refractivity contribution in [1.29, 1.82) is 0 Å². The zero-order chi connectivity index (χ0) is 25.5. The molecule has 0 fully saturated rings. The number of esters is 1. The van der Waals surface area contributed by atoms with Gasteiger partial charge in [-0.05, 0) is 48.9 Å². The minimum atomic E-state index is -0.929. The smallest absolute Gasteiger partial charge is 0.328 e. The number of nitrogens with one attached hydrogen (secondary N) is 3. The van der Waals surface area contributed by atoms with Crippen LogP contribution in [0.25, 0.3) is 11.1 Å². The van der Waals surface area contributed by atoms with Gasteiger partial charge in [0.25, 0.3) is 0 Å². The van der Waals surface area contributed by atoms with E-state index in [0.29, 0.717) is 29.9 Å². The lowest BCUT2D eigenvalue weighted by Crippen LogP contribution is -2.53. The summed E-state index contributed by atoms with van der Waals surface area (Å²) in [5.41, 5.74) is 2.96. The maximum atomic E-state index is 13.3. The summed E-state index contributed by atoms with van der Waals surface area (Å²) in [5.74, 6) is -0.162. The molecule has 3 rings (SSSR count). The van der Waals surface area contributed by atoms with E-state index in [4.69, 9.17) is 14.2 Å². The first-order chi connectivity index (χ1) is 16.9. The van der Waals surface area contributed by atoms with Crippen molar-refractivity contribution >= 4 is 17.8 Å². The van der Waals surface area contributed by atoms with Crippen LogP contribution < -0.4 is 25.4 Å². The lowest BCUT2D eigenvalue weighted by molar-refractivity contribution is -0.145. The average Bonchev–Trinajstić information content (AvgIpc) is 2.87. The van der Waals surface area contributed by atoms with Crippen molar-refractivity contribution in [2.75, 3.05) is 28.4 Å². The normalized spacial score (nSPS) is 20.2. The number of amides is 2. The molecular formula is C26H33N3O6. The largest absolute Gasteiger partial charge is 0.496 e. The molecule has 1 unspecified atom stereocenters. The van der Waals surface area contributed by atoms with E-state index in [9.17, 15) is 14.4 Å². The highest BCUT2D eigenvalue weighted by atomic mass is 16.5. The summed E-state index contributed by atoms with van der Waals surface area (Å²) in [5, 5.41) is 8.66. The van der Waals surface area contributed by atoms with Gasteiger partial charge in [0, 0.05) is 17.5 Å². The first-order valence-electron chi connectivity index (χ1n) is 11.6. The van der Waals surface area contributed by atoms with Crippen molar-refractivity contribution in [3.05, 3.63) is 47.5 Å². The van der Waals surface area contributed by atoms with E-state index in [-0.39, 0.29) is 12.3 Å². The predicted octanol–water partition coefficient (Wildman–Crippen LogP) is 2.13. The number of carbonyl (C=O) groups is 3. The number of rotatable bonds is 6. The molecule has 0 saturated heterocycles. The molecule has 9 heteroatoms. The van der Waals surface area contributed by atoms with Crippen LogP contribution in [-0.4, -0.2) is 58.2 Å². The number of ether oxygens (including phenoxy) is 3. The molecule has 3 atom stereocenters. The number of fused-ring (bicyclic) bond motifs is 5. The molecule has 3 N–H and O–H groups in total. The van der Waals surface area contributed by atoms with Gasteiger partial charge in [-0.25, -0.2) is 4.79 Å². The SMILES string of the molecule is CCC[C@@H]1NC(=O)[C@@H](NC)c2ccc(OC)c(c2)-c2cc(ccc2OC)CC(C(=O)OC)NC1=O. The van der Waals surface area contributed by atoms with Crippen LogP contribution in [0, 0.1) is 0 Å². The highest BCUT2D eigenvalue weighted by molar-refractivity contribution is 5.93. The van der Waals surface area contributed by atoms with Gasteiger partial charge in [0.1, 0.15) is 29.6 Å². The number of carbonyl (C=O) groups excluding carboxylic acids is 3. The third kappa shape index (κ3) is 5.74. The number of hydrogen-bond acceptors (Lipinski definition) is 7. The second-order valence-electron chi connectivity index (χ2n) is 8.35. The van der Waals surface area contributed by atoms with E-state index in [2.05, 4.69) is 16.0 Å². The summed E-state index contributed by atoms with van der Waals surface area (Å²) < 4.78 is 16.2. The number of hydrogen-bond donors (Lipinski definition) is 3. The minimum Gasteiger partial charge on any atom is -0.496 e. The maximum absolute atomic E-state index is 13.3. The van der Waals surface area contributed by atoms with Crippen LogP contribution in [0.2, 0.25) is 0 Å². The minimum absolute atomic E-state index is 0.198. The Bertz CT molecular complexity index is 1090. The van der Waals surface area contributed by atoms with Crippen molar-refractivity contribution in [2.45, 2.75) is 44.3 Å². The van der Waals surface area contributed by atoms with Gasteiger partial charge >= 0.3 is 5.97 Å². The number of methoxy groups -OCH3 is 3. The highest BCUT2D eigenvalue weighted by Gasteiger charge is 2.30. The number of likely N-dealkylation sites (N-methyl/N-ethyl adjacent to an activating group) is 1. The Morgan fingerprint density at radius 3 is 2.23 bits per heavy atom. The molecule has 35 heavy (non-hydrogen) atoms. The Morgan fingerprint density at radius 1 is 0.971 bits per heavy atom. The molecule has 0 radical (unpaired) electrons. The molecule has 188 valence electrons. The van der Waals surface area contributed by atoms with Gasteiger partial charge in [-0.3, -0.25) is 9.59 Å². The summed E-state index contributed by atoms with van der Waals surface area (Å²) in [6, 6.07) is 8.58. The van der Waals surface area contributed by atoms with Crippen LogP contribution in [0.5, 0.6) is 11.5 Å². The third-order valence-electron chi connectivity index (χ3n) is 6.11. The third-order valence-corrected chi connectivity index (χ3v) is 6.11. The molecule has 1 aliphatic heterocycles. The molecule has 0 spiro atoms. The van der Waals surface area contributed by atoms with Crippen molar-refractivity contribution in [3.8, 4) is 22.6 Å². The van der Waals surface area contributed by atoms with Crippen molar-refractivity contribution in [3.63, 3.8) is 0 Å². The van der Waals surface area contributed by atoms with Crippen molar-refractivity contribution < 1.29 is 28.6 Å². The highest BCUT2D eigenvalue weighted by Crippen LogP contribution is 2.39. The molecule has 0 aromatic heterocycles. The van der Waals surface area contributed by atoms with Crippen LogP contribution in [0.4, 0.5) is 0 Å². The van der Waals surface area contributed by atoms with Crippen LogP contribution >= 0.6 is 0 Å². The summed E-state index contributed by atoms with van der Waals surface area (Å²) in [6.45, 7) is 1.92. The van der Waals surface area contributed by atoms with Gasteiger partial charge in [0.05, 0.1) is 21.3 Å². The summed E-state index contributed by atoms with van der Waals surface area (Å²) in [7, 11) is 6.11. The lowest BCUT2D eigenvalue weighted by atomic mass is 9.94. The Balaban J connectivity index is 2.23. The van der Waals surface area contributed by atoms with E-state index < -0.39 is 30.0 Å². The fourth-order valence-electron chi connectivity index (χ4n) is 4.31. The van der Waals surface area contributed by atoms with Gasteiger partial charge in [-0.1, -0.05) is 25.5 Å². The standard InChI is InChI=1S/C26H33N3O6/c1-6-7-19-24(30)29-20(26(32)35-5)13-15-8-10-21(33-3)17(12-15)18-14-16(9-11-22(18)34-4)23(27-2)25(31)28-19/h8-12,14,19-20,23,27H,6-7,13H2,1-5H3,(H,28,31)(H,29,30)/t19-,20?,23-/m0/s1. The summed E-state index contributed by atoms with van der Waals surface area (Å²) in [6.07, 6.45) is 1.28. The molecule has 0 saturated carbocycles. The first-order valence-corrected chi connectivity index (χ1v) is 11.6. The van der Waals surface area contributed by atoms with Gasteiger partial charge in [0.2, 0.25) is 11.8 Å². The number of benzene rings is 2. The fraction of sp³-hybridized carbons (Fsp3) is 0.423. The molecular weight excluding hydrogens is 450 g/mol. The van der Waals surface area contributed by atoms with Gasteiger partial charge in [0.15, 0.2) is 0 Å². The predicted molar refractivity (Wildman–Crippen MR) is 131 cm³/mol. The molecule has 0 aliphatic carbocycles. The molecule has 1 aliphatic rings. The second kappa shape index (κ2) is 11.7. The van der Waals surface area contributed by atoms with Crippen LogP contribution in [0.15, 0.2) is 36.4 Å². The molecule has 2 aromatic carbocycles. The second-order valence-corrected chi connectivity index (χ2v) is 8.35. The Labute approximate surface area is 205 Å². The van der Waals surface area contributed by atoms with Crippen molar-refractivity contribution in [1.82, 2.24) is 16.0 Å². The van der Waals surface area contributed by atoms with E-state index in [1.807, 2.05) is 31.2 Å². The molecule has 2 amide bonds. The maximum Gasteiger partial charge on any atom is 0.328 e. The van der Waals surface area contributed by atoms with E-state index in [1.165, 1.54) is 7.11 Å². The van der Waals surface area contributed by atoms with Crippen LogP contribution in [-0.2, 0) is 25.5 Å². The average molecular weight is 484 g/mol. The molecule has 9 nitrogen and oxygen atoms in total. The van der Waals surface area contributed by atoms with Crippen molar-refractivity contribution in [2.24, 2.45) is 0 Å². The van der Waals surface area contributed by atoms with Gasteiger partial charge in [-0.2, -0.15) is 0 Å². The molecule has 1 heterocycles. The summed E-state index contributed by atoms with van der Waals surface area (Å²) >= 11 is 0. The molecule has 4 bridgehead atoms. The Kier molecular flexibility index (Phi) is 8.70. The fourth-order valence-corrected chi connectivity index (χ4v) is 4.31. The monoisotopic (exact) mass is 483 g/mol. The van der Waals surface area contributed by atoms with Crippen LogP contribution in [0.3, 0.4) is 0 Å². The van der Waals surface area contributed by atoms with E-state index in [1.54, 1.807) is 33.4 Å². The van der Waals surface area contributed by atoms with Crippen LogP contribution in [0.1, 0.15) is 36.9 Å². The summed E-state index contributed by atoms with van der Waals surface area (Å²) in [4.78, 5) is 39.0. The van der Waals surface area contributed by atoms with Gasteiger partial charge in [-0.15, -0.1) is 0 Å². The topological polar surface area (TPSA) is 115 Å². The lowest BCUT2D eigenvalue weighted by Gasteiger charge is -2.26. The Hall–Kier alpha value is -3.59. The Morgan fingerprint density at radius 2 is 1.63 bits per heavy atom. The van der Waals surface area contributed by atoms with E-state index in [0.717, 1.165) is 16.7 Å². The quantitative estimate of drug-likeness (QED) is 0.539. The van der Waals surface area contributed by atoms with Gasteiger partial charge < -0.3 is 30.2 Å². The first kappa shape index (κ1) is 26.0. The molecule has 2 aromatic rings.